The van der Waals surface area contributed by atoms with Crippen LogP contribution in [-0.2, 0) is 0 Å². The molecule has 0 amide bonds. The molecule has 0 aromatic heterocycles. The minimum absolute atomic E-state index is 0.915. The molecule has 0 aliphatic heterocycles. The van der Waals surface area contributed by atoms with Gasteiger partial charge in [-0.25, -0.2) is 0 Å². The summed E-state index contributed by atoms with van der Waals surface area (Å²) in [6.07, 6.45) is 0. The molecule has 68 valence electrons. The number of hydrogen-bond acceptors (Lipinski definition) is 2. The molecule has 0 atom stereocenters. The van der Waals surface area contributed by atoms with Gasteiger partial charge in [0, 0.05) is 28.2 Å². The van der Waals surface area contributed by atoms with E-state index in [1.165, 1.54) is 0 Å². The molecule has 0 N–H and O–H groups in total. The van der Waals surface area contributed by atoms with Crippen LogP contribution in [0.2, 0.25) is 0 Å². The van der Waals surface area contributed by atoms with Crippen LogP contribution in [-0.4, -0.2) is 38.0 Å². The van der Waals surface area contributed by atoms with E-state index in [1.807, 2.05) is 38.0 Å². The standard InChI is InChI=1S/C11H14N2/c1-6-7-8-9-10-11(12(2)3)13(4)5/h1H2,2-5H3. The number of nitrogens with zero attached hydrogens (tertiary/aromatic N) is 2. The second-order valence-electron chi connectivity index (χ2n) is 2.79. The topological polar surface area (TPSA) is 6.48 Å². The largest absolute Gasteiger partial charge is 0.357 e. The van der Waals surface area contributed by atoms with Crippen molar-refractivity contribution in [3.8, 4) is 0 Å². The molecule has 0 bridgehead atoms. The lowest BCUT2D eigenvalue weighted by Crippen LogP contribution is -2.23. The summed E-state index contributed by atoms with van der Waals surface area (Å²) < 4.78 is 0. The summed E-state index contributed by atoms with van der Waals surface area (Å²) in [6, 6.07) is 0. The third-order valence-corrected chi connectivity index (χ3v) is 1.23. The highest BCUT2D eigenvalue weighted by atomic mass is 15.3. The lowest BCUT2D eigenvalue weighted by molar-refractivity contribution is 0.344. The molecule has 0 aliphatic rings. The Bertz CT molecular complexity index is 336. The third-order valence-electron chi connectivity index (χ3n) is 1.23. The first-order valence-electron chi connectivity index (χ1n) is 3.84. The molecule has 2 heteroatoms. The highest BCUT2D eigenvalue weighted by Gasteiger charge is 1.98. The summed E-state index contributed by atoms with van der Waals surface area (Å²) in [4.78, 5) is 3.87. The van der Waals surface area contributed by atoms with E-state index >= 15 is 0 Å². The summed E-state index contributed by atoms with van der Waals surface area (Å²) in [5.74, 6) is 0.915. The van der Waals surface area contributed by atoms with Crippen LogP contribution in [0, 0.1) is 0 Å². The number of hydrogen-bond donors (Lipinski definition) is 0. The minimum atomic E-state index is 0.915. The monoisotopic (exact) mass is 174 g/mol. The van der Waals surface area contributed by atoms with E-state index in [9.17, 15) is 0 Å². The first-order chi connectivity index (χ1) is 6.09. The van der Waals surface area contributed by atoms with E-state index in [4.69, 9.17) is 0 Å². The normalized spacial score (nSPS) is 6.77. The molecule has 0 aliphatic carbocycles. The van der Waals surface area contributed by atoms with Crippen molar-refractivity contribution in [2.24, 2.45) is 0 Å². The van der Waals surface area contributed by atoms with Crippen LogP contribution in [0.3, 0.4) is 0 Å². The fraction of sp³-hybridized carbons (Fsp3) is 0.364. The fourth-order valence-electron chi connectivity index (χ4n) is 0.786. The fourth-order valence-corrected chi connectivity index (χ4v) is 0.786. The molecule has 0 spiro atoms. The molecule has 0 unspecified atom stereocenters. The molecule has 0 radical (unpaired) electrons. The van der Waals surface area contributed by atoms with Gasteiger partial charge in [-0.1, -0.05) is 5.73 Å². The second-order valence-corrected chi connectivity index (χ2v) is 2.79. The molecule has 13 heavy (non-hydrogen) atoms. The quantitative estimate of drug-likeness (QED) is 0.583. The molecule has 0 rings (SSSR count). The zero-order valence-electron chi connectivity index (χ0n) is 8.60. The van der Waals surface area contributed by atoms with Crippen molar-refractivity contribution in [3.05, 3.63) is 41.1 Å². The molecule has 0 fully saturated rings. The van der Waals surface area contributed by atoms with Crippen molar-refractivity contribution in [2.75, 3.05) is 28.2 Å². The molecule has 0 heterocycles. The van der Waals surface area contributed by atoms with Crippen LogP contribution in [0.1, 0.15) is 0 Å². The van der Waals surface area contributed by atoms with E-state index in [-0.39, 0.29) is 0 Å². The average Bonchev–Trinajstić information content (AvgIpc) is 2.02. The van der Waals surface area contributed by atoms with E-state index in [1.54, 1.807) is 0 Å². The Morgan fingerprint density at radius 1 is 0.923 bits per heavy atom. The van der Waals surface area contributed by atoms with E-state index in [2.05, 4.69) is 35.2 Å². The Labute approximate surface area is 79.8 Å². The van der Waals surface area contributed by atoms with Gasteiger partial charge in [0.2, 0.25) is 0 Å². The van der Waals surface area contributed by atoms with Crippen LogP contribution in [0.5, 0.6) is 0 Å². The second kappa shape index (κ2) is 5.84. The molecule has 0 saturated carbocycles. The lowest BCUT2D eigenvalue weighted by atomic mass is 10.5. The summed E-state index contributed by atoms with van der Waals surface area (Å²) in [7, 11) is 7.77. The smallest absolute Gasteiger partial charge is 0.157 e. The Morgan fingerprint density at radius 2 is 1.46 bits per heavy atom. The van der Waals surface area contributed by atoms with Crippen LogP contribution in [0.4, 0.5) is 0 Å². The van der Waals surface area contributed by atoms with E-state index < -0.39 is 0 Å². The highest BCUT2D eigenvalue weighted by Crippen LogP contribution is 1.97. The van der Waals surface area contributed by atoms with Gasteiger partial charge in [-0.3, -0.25) is 0 Å². The Morgan fingerprint density at radius 3 is 1.85 bits per heavy atom. The van der Waals surface area contributed by atoms with Crippen molar-refractivity contribution in [3.63, 3.8) is 0 Å². The maximum absolute atomic E-state index is 3.35. The molecule has 2 nitrogen and oxygen atoms in total. The van der Waals surface area contributed by atoms with Crippen molar-refractivity contribution in [1.82, 2.24) is 9.80 Å². The van der Waals surface area contributed by atoms with Gasteiger partial charge in [0.05, 0.1) is 0 Å². The van der Waals surface area contributed by atoms with Crippen molar-refractivity contribution >= 4 is 0 Å². The summed E-state index contributed by atoms with van der Waals surface area (Å²) in [5, 5.41) is 0. The lowest BCUT2D eigenvalue weighted by Gasteiger charge is -2.21. The van der Waals surface area contributed by atoms with Crippen molar-refractivity contribution in [1.29, 1.82) is 0 Å². The first-order valence-corrected chi connectivity index (χ1v) is 3.84. The van der Waals surface area contributed by atoms with Gasteiger partial charge in [0.15, 0.2) is 5.82 Å². The SMILES string of the molecule is C=C=C=C=C=C=C(N(C)C)N(C)C. The van der Waals surface area contributed by atoms with Crippen LogP contribution < -0.4 is 0 Å². The van der Waals surface area contributed by atoms with Gasteiger partial charge in [0.25, 0.3) is 0 Å². The first kappa shape index (κ1) is 11.2. The van der Waals surface area contributed by atoms with Gasteiger partial charge < -0.3 is 9.80 Å². The van der Waals surface area contributed by atoms with Gasteiger partial charge in [-0.2, -0.15) is 0 Å². The summed E-state index contributed by atoms with van der Waals surface area (Å²) >= 11 is 0. The van der Waals surface area contributed by atoms with E-state index in [0.717, 1.165) is 5.82 Å². The third kappa shape index (κ3) is 4.64. The molecular formula is C11H14N2. The number of rotatable bonds is 2. The summed E-state index contributed by atoms with van der Waals surface area (Å²) in [5.41, 5.74) is 13.3. The van der Waals surface area contributed by atoms with Crippen LogP contribution >= 0.6 is 0 Å². The van der Waals surface area contributed by atoms with Gasteiger partial charge >= 0.3 is 0 Å². The van der Waals surface area contributed by atoms with Gasteiger partial charge in [-0.15, -0.1) is 0 Å². The van der Waals surface area contributed by atoms with Gasteiger partial charge in [-0.05, 0) is 29.5 Å². The van der Waals surface area contributed by atoms with Crippen molar-refractivity contribution < 1.29 is 0 Å². The predicted octanol–water partition coefficient (Wildman–Crippen LogP) is 1.36. The van der Waals surface area contributed by atoms with Crippen LogP contribution in [0.15, 0.2) is 41.1 Å². The Balaban J connectivity index is 5.30. The van der Waals surface area contributed by atoms with Crippen molar-refractivity contribution in [2.45, 2.75) is 0 Å². The maximum Gasteiger partial charge on any atom is 0.157 e. The zero-order chi connectivity index (χ0) is 10.3. The van der Waals surface area contributed by atoms with Gasteiger partial charge in [0.1, 0.15) is 0 Å². The zero-order valence-corrected chi connectivity index (χ0v) is 8.60. The average molecular weight is 174 g/mol. The highest BCUT2D eigenvalue weighted by molar-refractivity contribution is 4.97. The molecular weight excluding hydrogens is 160 g/mol. The molecule has 0 aromatic rings. The summed E-state index contributed by atoms with van der Waals surface area (Å²) in [6.45, 7) is 3.35. The van der Waals surface area contributed by atoms with Crippen LogP contribution in [0.25, 0.3) is 0 Å². The molecule has 0 aromatic carbocycles. The Kier molecular flexibility index (Phi) is 5.05. The maximum atomic E-state index is 3.35. The molecule has 0 saturated heterocycles. The minimum Gasteiger partial charge on any atom is -0.357 e. The Hall–Kier alpha value is -1.76. The predicted molar refractivity (Wildman–Crippen MR) is 54.1 cm³/mol. The van der Waals surface area contributed by atoms with E-state index in [0.29, 0.717) is 0 Å².